The Morgan fingerprint density at radius 3 is 1.91 bits per heavy atom. The summed E-state index contributed by atoms with van der Waals surface area (Å²) in [5, 5.41) is 0.526. The lowest BCUT2D eigenvalue weighted by Crippen LogP contribution is -2.50. The summed E-state index contributed by atoms with van der Waals surface area (Å²) >= 11 is 6.01. The Morgan fingerprint density at radius 2 is 1.41 bits per heavy atom. The van der Waals surface area contributed by atoms with Gasteiger partial charge >= 0.3 is 0 Å². The summed E-state index contributed by atoms with van der Waals surface area (Å²) in [5.41, 5.74) is 1.28. The molecule has 0 atom stereocenters. The van der Waals surface area contributed by atoms with E-state index in [0.29, 0.717) is 16.1 Å². The molecule has 0 amide bonds. The van der Waals surface area contributed by atoms with Gasteiger partial charge in [-0.2, -0.15) is 8.61 Å². The monoisotopic (exact) mass is 366 g/mol. The largest absolute Gasteiger partial charge is 0.243 e. The number of hydrogen-bond acceptors (Lipinski definition) is 4. The summed E-state index contributed by atoms with van der Waals surface area (Å²) in [5.74, 6) is 0. The van der Waals surface area contributed by atoms with Crippen molar-refractivity contribution >= 4 is 31.6 Å². The number of hydrogen-bond donors (Lipinski definition) is 0. The zero-order valence-electron chi connectivity index (χ0n) is 12.7. The number of sulfonamides is 2. The first-order valence-electron chi connectivity index (χ1n) is 6.75. The topological polar surface area (TPSA) is 74.8 Å². The number of halogens is 1. The van der Waals surface area contributed by atoms with Gasteiger partial charge in [-0.3, -0.25) is 0 Å². The lowest BCUT2D eigenvalue weighted by atomic mass is 10.2. The van der Waals surface area contributed by atoms with Gasteiger partial charge in [0.25, 0.3) is 0 Å². The average molecular weight is 367 g/mol. The highest BCUT2D eigenvalue weighted by Crippen LogP contribution is 2.27. The minimum absolute atomic E-state index is 0.149. The molecule has 1 aliphatic rings. The van der Waals surface area contributed by atoms with Gasteiger partial charge in [0.1, 0.15) is 0 Å². The van der Waals surface area contributed by atoms with Crippen LogP contribution in [0.4, 0.5) is 0 Å². The predicted octanol–water partition coefficient (Wildman–Crippen LogP) is 1.22. The standard InChI is InChI=1S/C13H19ClN2O4S2/c1-10-9-13(11(2)8-12(10)14)22(19,20)16-6-4-15(5-7-16)21(3,17)18/h8-9H,4-7H2,1-3H3. The van der Waals surface area contributed by atoms with E-state index in [2.05, 4.69) is 0 Å². The third kappa shape index (κ3) is 3.46. The second-order valence-corrected chi connectivity index (χ2v) is 9.73. The normalized spacial score (nSPS) is 18.5. The van der Waals surface area contributed by atoms with Gasteiger partial charge in [0, 0.05) is 31.2 Å². The van der Waals surface area contributed by atoms with E-state index in [0.717, 1.165) is 6.26 Å². The van der Waals surface area contributed by atoms with Crippen LogP contribution in [0.3, 0.4) is 0 Å². The summed E-state index contributed by atoms with van der Waals surface area (Å²) in [6, 6.07) is 3.20. The van der Waals surface area contributed by atoms with Crippen LogP contribution in [0.5, 0.6) is 0 Å². The fourth-order valence-corrected chi connectivity index (χ4v) is 5.17. The summed E-state index contributed by atoms with van der Waals surface area (Å²) < 4.78 is 51.1. The van der Waals surface area contributed by atoms with Gasteiger partial charge < -0.3 is 0 Å². The Labute approximate surface area is 136 Å². The lowest BCUT2D eigenvalue weighted by molar-refractivity contribution is 0.274. The second kappa shape index (κ2) is 6.09. The van der Waals surface area contributed by atoms with Gasteiger partial charge in [-0.05, 0) is 37.1 Å². The smallest absolute Gasteiger partial charge is 0.213 e. The molecule has 1 saturated heterocycles. The van der Waals surface area contributed by atoms with Crippen molar-refractivity contribution < 1.29 is 16.8 Å². The van der Waals surface area contributed by atoms with Crippen molar-refractivity contribution in [3.8, 4) is 0 Å². The number of aryl methyl sites for hydroxylation is 2. The Bertz CT molecular complexity index is 783. The van der Waals surface area contributed by atoms with E-state index < -0.39 is 20.0 Å². The zero-order valence-corrected chi connectivity index (χ0v) is 15.1. The molecule has 0 aromatic heterocycles. The van der Waals surface area contributed by atoms with E-state index in [1.807, 2.05) is 0 Å². The van der Waals surface area contributed by atoms with Crippen molar-refractivity contribution in [2.75, 3.05) is 32.4 Å². The first-order valence-corrected chi connectivity index (χ1v) is 10.4. The molecule has 9 heteroatoms. The summed E-state index contributed by atoms with van der Waals surface area (Å²) in [6.07, 6.45) is 1.13. The second-order valence-electron chi connectivity index (χ2n) is 5.43. The minimum Gasteiger partial charge on any atom is -0.213 e. The van der Waals surface area contributed by atoms with Crippen molar-refractivity contribution in [2.24, 2.45) is 0 Å². The molecule has 0 bridgehead atoms. The molecule has 0 N–H and O–H groups in total. The quantitative estimate of drug-likeness (QED) is 0.806. The van der Waals surface area contributed by atoms with Crippen LogP contribution in [-0.4, -0.2) is 57.9 Å². The molecule has 6 nitrogen and oxygen atoms in total. The first kappa shape index (κ1) is 17.7. The fraction of sp³-hybridized carbons (Fsp3) is 0.538. The van der Waals surface area contributed by atoms with Crippen molar-refractivity contribution in [2.45, 2.75) is 18.7 Å². The van der Waals surface area contributed by atoms with Crippen molar-refractivity contribution in [3.63, 3.8) is 0 Å². The molecule has 0 unspecified atom stereocenters. The SMILES string of the molecule is Cc1cc(S(=O)(=O)N2CCN(S(C)(=O)=O)CC2)c(C)cc1Cl. The van der Waals surface area contributed by atoms with Crippen LogP contribution in [-0.2, 0) is 20.0 Å². The number of nitrogens with zero attached hydrogens (tertiary/aromatic N) is 2. The van der Waals surface area contributed by atoms with E-state index >= 15 is 0 Å². The molecular formula is C13H19ClN2O4S2. The maximum atomic E-state index is 12.7. The average Bonchev–Trinajstić information content (AvgIpc) is 2.42. The van der Waals surface area contributed by atoms with Crippen LogP contribution in [0.15, 0.2) is 17.0 Å². The Kier molecular flexibility index (Phi) is 4.89. The van der Waals surface area contributed by atoms with Crippen LogP contribution in [0, 0.1) is 13.8 Å². The van der Waals surface area contributed by atoms with E-state index in [1.165, 1.54) is 8.61 Å². The molecule has 0 spiro atoms. The molecule has 124 valence electrons. The van der Waals surface area contributed by atoms with E-state index in [1.54, 1.807) is 26.0 Å². The molecule has 1 aromatic rings. The zero-order chi connectivity index (χ0) is 16.7. The van der Waals surface area contributed by atoms with Crippen LogP contribution in [0.25, 0.3) is 0 Å². The van der Waals surface area contributed by atoms with Crippen molar-refractivity contribution in [1.29, 1.82) is 0 Å². The van der Waals surface area contributed by atoms with Crippen molar-refractivity contribution in [1.82, 2.24) is 8.61 Å². The highest BCUT2D eigenvalue weighted by molar-refractivity contribution is 7.89. The Hall–Kier alpha value is -0.670. The molecule has 0 radical (unpaired) electrons. The predicted molar refractivity (Wildman–Crippen MR) is 86.1 cm³/mol. The summed E-state index contributed by atoms with van der Waals surface area (Å²) in [7, 11) is -6.93. The van der Waals surface area contributed by atoms with Gasteiger partial charge in [-0.1, -0.05) is 11.6 Å². The molecule has 0 aliphatic carbocycles. The number of piperazine rings is 1. The molecule has 1 aliphatic heterocycles. The van der Waals surface area contributed by atoms with Gasteiger partial charge in [-0.25, -0.2) is 16.8 Å². The molecular weight excluding hydrogens is 348 g/mol. The summed E-state index contributed by atoms with van der Waals surface area (Å²) in [4.78, 5) is 0.224. The maximum Gasteiger partial charge on any atom is 0.243 e. The lowest BCUT2D eigenvalue weighted by Gasteiger charge is -2.32. The highest BCUT2D eigenvalue weighted by atomic mass is 35.5. The molecule has 1 fully saturated rings. The van der Waals surface area contributed by atoms with Crippen LogP contribution in [0.2, 0.25) is 5.02 Å². The molecule has 1 heterocycles. The highest BCUT2D eigenvalue weighted by Gasteiger charge is 2.32. The third-order valence-electron chi connectivity index (χ3n) is 3.74. The number of benzene rings is 1. The van der Waals surface area contributed by atoms with Gasteiger partial charge in [-0.15, -0.1) is 0 Å². The molecule has 2 rings (SSSR count). The minimum atomic E-state index is -3.65. The van der Waals surface area contributed by atoms with Gasteiger partial charge in [0.2, 0.25) is 20.0 Å². The van der Waals surface area contributed by atoms with E-state index in [4.69, 9.17) is 11.6 Å². The van der Waals surface area contributed by atoms with Gasteiger partial charge in [0.15, 0.2) is 0 Å². The Morgan fingerprint density at radius 1 is 0.909 bits per heavy atom. The van der Waals surface area contributed by atoms with Crippen LogP contribution >= 0.6 is 11.6 Å². The molecule has 1 aromatic carbocycles. The first-order chi connectivity index (χ1) is 10.0. The summed E-state index contributed by atoms with van der Waals surface area (Å²) in [6.45, 7) is 4.09. The Balaban J connectivity index is 2.28. The maximum absolute atomic E-state index is 12.7. The van der Waals surface area contributed by atoms with E-state index in [-0.39, 0.29) is 31.1 Å². The molecule has 22 heavy (non-hydrogen) atoms. The van der Waals surface area contributed by atoms with E-state index in [9.17, 15) is 16.8 Å². The third-order valence-corrected chi connectivity index (χ3v) is 7.49. The van der Waals surface area contributed by atoms with Gasteiger partial charge in [0.05, 0.1) is 11.2 Å². The number of rotatable bonds is 3. The van der Waals surface area contributed by atoms with Crippen LogP contribution < -0.4 is 0 Å². The molecule has 0 saturated carbocycles. The van der Waals surface area contributed by atoms with Crippen molar-refractivity contribution in [3.05, 3.63) is 28.3 Å². The van der Waals surface area contributed by atoms with Crippen LogP contribution in [0.1, 0.15) is 11.1 Å². The fourth-order valence-electron chi connectivity index (χ4n) is 2.41.